The third-order valence-electron chi connectivity index (χ3n) is 2.92. The van der Waals surface area contributed by atoms with Gasteiger partial charge in [-0.25, -0.2) is 14.5 Å². The fraction of sp³-hybridized carbons (Fsp3) is 0.231. The molecule has 0 aliphatic heterocycles. The number of benzene rings is 1. The number of imide groups is 1. The van der Waals surface area contributed by atoms with Crippen molar-refractivity contribution < 1.29 is 9.59 Å². The zero-order valence-electron chi connectivity index (χ0n) is 11.7. The molecule has 110 valence electrons. The third kappa shape index (κ3) is 3.35. The van der Waals surface area contributed by atoms with E-state index >= 15 is 0 Å². The zero-order chi connectivity index (χ0) is 15.4. The van der Waals surface area contributed by atoms with Gasteiger partial charge in [0.1, 0.15) is 12.4 Å². The molecule has 0 fully saturated rings. The number of nitrogens with two attached hydrogens (primary N) is 1. The molecule has 1 atom stereocenters. The molecule has 3 amide bonds. The molecule has 8 heteroatoms. The minimum absolute atomic E-state index is 0.469. The molecule has 1 heterocycles. The Balaban J connectivity index is 2.13. The number of amides is 3. The summed E-state index contributed by atoms with van der Waals surface area (Å²) in [6.45, 7) is 1.62. The van der Waals surface area contributed by atoms with Crippen LogP contribution in [0.25, 0.3) is 11.4 Å². The third-order valence-corrected chi connectivity index (χ3v) is 2.92. The summed E-state index contributed by atoms with van der Waals surface area (Å²) >= 11 is 0. The lowest BCUT2D eigenvalue weighted by Crippen LogP contribution is -2.40. The molecule has 2 aromatic rings. The number of urea groups is 1. The van der Waals surface area contributed by atoms with Crippen molar-refractivity contribution in [1.29, 1.82) is 0 Å². The molecule has 0 saturated heterocycles. The van der Waals surface area contributed by atoms with Gasteiger partial charge in [-0.3, -0.25) is 10.1 Å². The Kier molecular flexibility index (Phi) is 4.17. The molecule has 8 nitrogen and oxygen atoms in total. The minimum Gasteiger partial charge on any atom is -0.399 e. The highest BCUT2D eigenvalue weighted by Gasteiger charge is 2.18. The fourth-order valence-electron chi connectivity index (χ4n) is 1.62. The molecular weight excluding hydrogens is 272 g/mol. The molecule has 2 rings (SSSR count). The van der Waals surface area contributed by atoms with Crippen LogP contribution in [0.5, 0.6) is 0 Å². The number of carbonyl (C=O) groups excluding carboxylic acids is 2. The maximum atomic E-state index is 11.8. The van der Waals surface area contributed by atoms with Crippen molar-refractivity contribution in [2.45, 2.75) is 13.0 Å². The van der Waals surface area contributed by atoms with E-state index in [4.69, 9.17) is 5.73 Å². The molecule has 0 radical (unpaired) electrons. The van der Waals surface area contributed by atoms with Gasteiger partial charge in [-0.2, -0.15) is 5.10 Å². The lowest BCUT2D eigenvalue weighted by atomic mass is 10.2. The number of nitrogens with zero attached hydrogens (tertiary/aromatic N) is 3. The summed E-state index contributed by atoms with van der Waals surface area (Å²) in [5.74, 6) is 0.0118. The van der Waals surface area contributed by atoms with Gasteiger partial charge in [0.05, 0.1) is 0 Å². The monoisotopic (exact) mass is 288 g/mol. The van der Waals surface area contributed by atoms with Crippen molar-refractivity contribution in [2.75, 3.05) is 12.8 Å². The quantitative estimate of drug-likeness (QED) is 0.713. The van der Waals surface area contributed by atoms with Crippen LogP contribution in [0.1, 0.15) is 13.0 Å². The van der Waals surface area contributed by atoms with Crippen molar-refractivity contribution in [2.24, 2.45) is 0 Å². The van der Waals surface area contributed by atoms with E-state index in [1.807, 2.05) is 0 Å². The van der Waals surface area contributed by atoms with Crippen LogP contribution in [-0.2, 0) is 4.79 Å². The van der Waals surface area contributed by atoms with E-state index in [9.17, 15) is 9.59 Å². The van der Waals surface area contributed by atoms with Gasteiger partial charge >= 0.3 is 6.03 Å². The zero-order valence-corrected chi connectivity index (χ0v) is 11.7. The molecule has 4 N–H and O–H groups in total. The summed E-state index contributed by atoms with van der Waals surface area (Å²) in [6.07, 6.45) is 1.44. The lowest BCUT2D eigenvalue weighted by molar-refractivity contribution is -0.123. The van der Waals surface area contributed by atoms with Crippen molar-refractivity contribution in [3.05, 3.63) is 30.6 Å². The Hall–Kier alpha value is -2.90. The maximum absolute atomic E-state index is 11.8. The fourth-order valence-corrected chi connectivity index (χ4v) is 1.62. The highest BCUT2D eigenvalue weighted by atomic mass is 16.2. The van der Waals surface area contributed by atoms with Crippen molar-refractivity contribution in [3.63, 3.8) is 0 Å². The summed E-state index contributed by atoms with van der Waals surface area (Å²) < 4.78 is 1.39. The van der Waals surface area contributed by atoms with Gasteiger partial charge in [-0.05, 0) is 31.2 Å². The van der Waals surface area contributed by atoms with Crippen LogP contribution in [0.4, 0.5) is 10.5 Å². The van der Waals surface area contributed by atoms with Gasteiger partial charge in [0, 0.05) is 18.3 Å². The first-order chi connectivity index (χ1) is 10.0. The molecular formula is C13H16N6O2. The number of rotatable bonds is 3. The molecule has 1 unspecified atom stereocenters. The van der Waals surface area contributed by atoms with E-state index in [0.717, 1.165) is 5.56 Å². The van der Waals surface area contributed by atoms with Gasteiger partial charge in [-0.15, -0.1) is 0 Å². The van der Waals surface area contributed by atoms with E-state index < -0.39 is 18.0 Å². The smallest absolute Gasteiger partial charge is 0.321 e. The maximum Gasteiger partial charge on any atom is 0.321 e. The summed E-state index contributed by atoms with van der Waals surface area (Å²) in [4.78, 5) is 27.1. The highest BCUT2D eigenvalue weighted by Crippen LogP contribution is 2.17. The van der Waals surface area contributed by atoms with Gasteiger partial charge in [0.25, 0.3) is 5.91 Å². The van der Waals surface area contributed by atoms with Crippen molar-refractivity contribution in [1.82, 2.24) is 25.4 Å². The Morgan fingerprint density at radius 3 is 2.57 bits per heavy atom. The summed E-state index contributed by atoms with van der Waals surface area (Å²) in [7, 11) is 1.43. The molecule has 1 aromatic carbocycles. The Morgan fingerprint density at radius 2 is 1.95 bits per heavy atom. The molecule has 1 aromatic heterocycles. The van der Waals surface area contributed by atoms with Crippen LogP contribution in [0.3, 0.4) is 0 Å². The van der Waals surface area contributed by atoms with Gasteiger partial charge in [0.2, 0.25) is 0 Å². The largest absolute Gasteiger partial charge is 0.399 e. The second-order valence-corrected chi connectivity index (χ2v) is 4.41. The average molecular weight is 288 g/mol. The summed E-state index contributed by atoms with van der Waals surface area (Å²) in [6, 6.07) is 5.87. The van der Waals surface area contributed by atoms with E-state index in [0.29, 0.717) is 11.5 Å². The second-order valence-electron chi connectivity index (χ2n) is 4.41. The number of hydrogen-bond acceptors (Lipinski definition) is 5. The Labute approximate surface area is 121 Å². The number of aromatic nitrogens is 3. The molecule has 0 aliphatic rings. The van der Waals surface area contributed by atoms with Crippen LogP contribution >= 0.6 is 0 Å². The van der Waals surface area contributed by atoms with Gasteiger partial charge < -0.3 is 11.1 Å². The van der Waals surface area contributed by atoms with Crippen LogP contribution in [0, 0.1) is 0 Å². The first-order valence-electron chi connectivity index (χ1n) is 6.31. The van der Waals surface area contributed by atoms with Crippen LogP contribution in [0.15, 0.2) is 30.6 Å². The SMILES string of the molecule is CNC(=O)NC(=O)C(C)n1cnc(-c2ccc(N)cc2)n1. The number of hydrogen-bond donors (Lipinski definition) is 3. The van der Waals surface area contributed by atoms with E-state index in [-0.39, 0.29) is 0 Å². The summed E-state index contributed by atoms with van der Waals surface area (Å²) in [5, 5.41) is 8.74. The first kappa shape index (κ1) is 14.5. The van der Waals surface area contributed by atoms with E-state index in [2.05, 4.69) is 20.7 Å². The molecule has 0 spiro atoms. The average Bonchev–Trinajstić information content (AvgIpc) is 2.96. The molecule has 0 bridgehead atoms. The van der Waals surface area contributed by atoms with Crippen LogP contribution in [0.2, 0.25) is 0 Å². The van der Waals surface area contributed by atoms with Gasteiger partial charge in [-0.1, -0.05) is 0 Å². The van der Waals surface area contributed by atoms with Gasteiger partial charge in [0.15, 0.2) is 5.82 Å². The van der Waals surface area contributed by atoms with E-state index in [1.165, 1.54) is 18.1 Å². The van der Waals surface area contributed by atoms with Crippen LogP contribution in [-0.4, -0.2) is 33.8 Å². The van der Waals surface area contributed by atoms with Crippen molar-refractivity contribution >= 4 is 17.6 Å². The standard InChI is InChI=1S/C13H16N6O2/c1-8(12(20)17-13(21)15-2)19-7-16-11(18-19)9-3-5-10(14)6-4-9/h3-8H,14H2,1-2H3,(H2,15,17,20,21). The summed E-state index contributed by atoms with van der Waals surface area (Å²) in [5.41, 5.74) is 7.06. The first-order valence-corrected chi connectivity index (χ1v) is 6.31. The number of carbonyl (C=O) groups is 2. The number of nitrogen functional groups attached to an aromatic ring is 1. The Bertz CT molecular complexity index is 649. The highest BCUT2D eigenvalue weighted by molar-refractivity contribution is 5.95. The second kappa shape index (κ2) is 6.04. The Morgan fingerprint density at radius 1 is 1.29 bits per heavy atom. The predicted octanol–water partition coefficient (Wildman–Crippen LogP) is 0.544. The van der Waals surface area contributed by atoms with E-state index in [1.54, 1.807) is 31.2 Å². The predicted molar refractivity (Wildman–Crippen MR) is 77.2 cm³/mol. The topological polar surface area (TPSA) is 115 Å². The normalized spacial score (nSPS) is 11.7. The molecule has 0 saturated carbocycles. The van der Waals surface area contributed by atoms with Crippen molar-refractivity contribution in [3.8, 4) is 11.4 Å². The lowest BCUT2D eigenvalue weighted by Gasteiger charge is -2.10. The number of anilines is 1. The van der Waals surface area contributed by atoms with Crippen LogP contribution < -0.4 is 16.4 Å². The molecule has 21 heavy (non-hydrogen) atoms. The minimum atomic E-state index is -0.655. The molecule has 0 aliphatic carbocycles. The number of nitrogens with one attached hydrogen (secondary N) is 2.